The van der Waals surface area contributed by atoms with E-state index in [1.165, 1.54) is 0 Å². The highest BCUT2D eigenvalue weighted by Gasteiger charge is 2.36. The smallest absolute Gasteiger partial charge is 0.416 e. The van der Waals surface area contributed by atoms with Crippen LogP contribution in [0.3, 0.4) is 0 Å². The summed E-state index contributed by atoms with van der Waals surface area (Å²) in [5, 5.41) is 10.4. The van der Waals surface area contributed by atoms with E-state index >= 15 is 0 Å². The molecule has 0 bridgehead atoms. The maximum absolute atomic E-state index is 12.2. The number of imide groups is 1. The van der Waals surface area contributed by atoms with Crippen molar-refractivity contribution in [3.05, 3.63) is 23.8 Å². The molecule has 0 aromatic carbocycles. The monoisotopic (exact) mass is 293 g/mol. The average Bonchev–Trinajstić information content (AvgIpc) is 2.91. The zero-order valence-electron chi connectivity index (χ0n) is 12.7. The summed E-state index contributed by atoms with van der Waals surface area (Å²) in [7, 11) is 0. The molecule has 2 rings (SSSR count). The van der Waals surface area contributed by atoms with Crippen LogP contribution in [0, 0.1) is 11.8 Å². The summed E-state index contributed by atoms with van der Waals surface area (Å²) in [4.78, 5) is 24.7. The largest absolute Gasteiger partial charge is 0.447 e. The van der Waals surface area contributed by atoms with Gasteiger partial charge in [0, 0.05) is 0 Å². The first kappa shape index (κ1) is 15.8. The zero-order valence-corrected chi connectivity index (χ0v) is 12.7. The minimum atomic E-state index is -0.836. The van der Waals surface area contributed by atoms with E-state index in [4.69, 9.17) is 4.74 Å². The summed E-state index contributed by atoms with van der Waals surface area (Å²) < 4.78 is 4.76. The van der Waals surface area contributed by atoms with Gasteiger partial charge in [0.2, 0.25) is 5.91 Å². The van der Waals surface area contributed by atoms with E-state index in [9.17, 15) is 14.7 Å². The van der Waals surface area contributed by atoms with Gasteiger partial charge in [0.1, 0.15) is 6.61 Å². The van der Waals surface area contributed by atoms with E-state index in [0.29, 0.717) is 5.92 Å². The van der Waals surface area contributed by atoms with E-state index in [0.717, 1.165) is 35.3 Å². The van der Waals surface area contributed by atoms with Crippen molar-refractivity contribution in [3.8, 4) is 0 Å². The van der Waals surface area contributed by atoms with Gasteiger partial charge in [-0.2, -0.15) is 0 Å². The van der Waals surface area contributed by atoms with Crippen LogP contribution >= 0.6 is 0 Å². The quantitative estimate of drug-likeness (QED) is 0.807. The number of ether oxygens (including phenoxy) is 1. The van der Waals surface area contributed by atoms with E-state index in [1.54, 1.807) is 6.92 Å². The molecule has 1 fully saturated rings. The number of amides is 2. The van der Waals surface area contributed by atoms with Gasteiger partial charge in [0.25, 0.3) is 0 Å². The molecular weight excluding hydrogens is 270 g/mol. The first-order valence-electron chi connectivity index (χ1n) is 7.42. The molecular formula is C16H23NO4. The predicted octanol–water partition coefficient (Wildman–Crippen LogP) is 2.26. The molecule has 1 aliphatic carbocycles. The second-order valence-corrected chi connectivity index (χ2v) is 5.93. The molecule has 1 N–H and O–H groups in total. The molecule has 0 aromatic heterocycles. The fourth-order valence-electron chi connectivity index (χ4n) is 2.87. The summed E-state index contributed by atoms with van der Waals surface area (Å²) in [6.07, 6.45) is 3.13. The molecule has 5 nitrogen and oxygen atoms in total. The van der Waals surface area contributed by atoms with Crippen molar-refractivity contribution in [2.45, 2.75) is 39.2 Å². The molecule has 0 saturated carbocycles. The second-order valence-electron chi connectivity index (χ2n) is 5.93. The van der Waals surface area contributed by atoms with E-state index in [2.05, 4.69) is 6.58 Å². The summed E-state index contributed by atoms with van der Waals surface area (Å²) in [6, 6.07) is 0. The second kappa shape index (κ2) is 6.43. The Morgan fingerprint density at radius 3 is 2.76 bits per heavy atom. The molecule has 2 unspecified atom stereocenters. The molecule has 5 heteroatoms. The lowest BCUT2D eigenvalue weighted by atomic mass is 9.81. The topological polar surface area (TPSA) is 66.8 Å². The van der Waals surface area contributed by atoms with Crippen molar-refractivity contribution in [2.75, 3.05) is 13.2 Å². The van der Waals surface area contributed by atoms with Crippen LogP contribution in [-0.4, -0.2) is 41.3 Å². The number of carbonyl (C=O) groups excluding carboxylic acids is 2. The van der Waals surface area contributed by atoms with Crippen molar-refractivity contribution < 1.29 is 19.4 Å². The first-order valence-corrected chi connectivity index (χ1v) is 7.42. The third kappa shape index (κ3) is 3.35. The number of rotatable bonds is 4. The lowest BCUT2D eigenvalue weighted by Gasteiger charge is -2.28. The van der Waals surface area contributed by atoms with Crippen LogP contribution in [0.5, 0.6) is 0 Å². The lowest BCUT2D eigenvalue weighted by molar-refractivity contribution is -0.134. The lowest BCUT2D eigenvalue weighted by Crippen LogP contribution is -2.41. The Hall–Kier alpha value is -1.62. The molecule has 2 aliphatic rings. The summed E-state index contributed by atoms with van der Waals surface area (Å²) in [5.41, 5.74) is 2.05. The summed E-state index contributed by atoms with van der Waals surface area (Å²) in [5.74, 6) is -0.545. The molecule has 0 spiro atoms. The van der Waals surface area contributed by atoms with Gasteiger partial charge in [-0.05, 0) is 37.7 Å². The number of aliphatic hydroxyl groups is 1. The Morgan fingerprint density at radius 1 is 1.57 bits per heavy atom. The van der Waals surface area contributed by atoms with Gasteiger partial charge in [-0.25, -0.2) is 9.69 Å². The third-order valence-corrected chi connectivity index (χ3v) is 4.41. The van der Waals surface area contributed by atoms with Gasteiger partial charge in [-0.1, -0.05) is 25.2 Å². The molecule has 116 valence electrons. The van der Waals surface area contributed by atoms with Crippen LogP contribution in [0.1, 0.15) is 33.1 Å². The van der Waals surface area contributed by atoms with Crippen molar-refractivity contribution in [1.29, 1.82) is 0 Å². The molecule has 1 saturated heterocycles. The maximum Gasteiger partial charge on any atom is 0.416 e. The Kier molecular flexibility index (Phi) is 4.83. The van der Waals surface area contributed by atoms with E-state index in [1.807, 2.05) is 13.0 Å². The highest BCUT2D eigenvalue weighted by molar-refractivity contribution is 5.94. The minimum absolute atomic E-state index is 0.233. The Balaban J connectivity index is 1.99. The van der Waals surface area contributed by atoms with Gasteiger partial charge in [-0.15, -0.1) is 0 Å². The number of allylic oxidation sites excluding steroid dienone is 2. The van der Waals surface area contributed by atoms with Crippen LogP contribution in [0.15, 0.2) is 23.8 Å². The summed E-state index contributed by atoms with van der Waals surface area (Å²) >= 11 is 0. The average molecular weight is 293 g/mol. The highest BCUT2D eigenvalue weighted by Crippen LogP contribution is 2.31. The Morgan fingerprint density at radius 2 is 2.29 bits per heavy atom. The predicted molar refractivity (Wildman–Crippen MR) is 78.5 cm³/mol. The molecule has 1 heterocycles. The highest BCUT2D eigenvalue weighted by atomic mass is 16.6. The normalized spacial score (nSPS) is 25.1. The van der Waals surface area contributed by atoms with E-state index < -0.39 is 18.1 Å². The van der Waals surface area contributed by atoms with Crippen molar-refractivity contribution in [2.24, 2.45) is 11.8 Å². The number of hydrogen-bond donors (Lipinski definition) is 1. The van der Waals surface area contributed by atoms with E-state index in [-0.39, 0.29) is 19.1 Å². The standard InChI is InChI=1S/C16H23NO4/c1-10(2)12-4-6-13(7-5-12)14(18)11(3)15(19)17-8-9-21-16(17)20/h6,11-12,14,18H,1,4-5,7-9H2,2-3H3/t11?,12-,14?/m0/s1. The van der Waals surface area contributed by atoms with Crippen LogP contribution in [0.2, 0.25) is 0 Å². The van der Waals surface area contributed by atoms with Gasteiger partial charge in [0.05, 0.1) is 18.6 Å². The van der Waals surface area contributed by atoms with Crippen LogP contribution in [0.25, 0.3) is 0 Å². The molecule has 1 aliphatic heterocycles. The summed E-state index contributed by atoms with van der Waals surface area (Å²) in [6.45, 7) is 8.15. The number of cyclic esters (lactones) is 1. The fourth-order valence-corrected chi connectivity index (χ4v) is 2.87. The van der Waals surface area contributed by atoms with Gasteiger partial charge in [-0.3, -0.25) is 4.79 Å². The molecule has 3 atom stereocenters. The zero-order chi connectivity index (χ0) is 15.6. The molecule has 21 heavy (non-hydrogen) atoms. The number of carbonyl (C=O) groups is 2. The third-order valence-electron chi connectivity index (χ3n) is 4.41. The minimum Gasteiger partial charge on any atom is -0.447 e. The van der Waals surface area contributed by atoms with Gasteiger partial charge < -0.3 is 9.84 Å². The fraction of sp³-hybridized carbons (Fsp3) is 0.625. The van der Waals surface area contributed by atoms with Gasteiger partial charge in [0.15, 0.2) is 0 Å². The number of hydrogen-bond acceptors (Lipinski definition) is 4. The van der Waals surface area contributed by atoms with Crippen molar-refractivity contribution in [3.63, 3.8) is 0 Å². The van der Waals surface area contributed by atoms with Crippen LogP contribution < -0.4 is 0 Å². The Labute approximate surface area is 125 Å². The van der Waals surface area contributed by atoms with Crippen LogP contribution in [0.4, 0.5) is 4.79 Å². The molecule has 0 radical (unpaired) electrons. The number of nitrogens with zero attached hydrogens (tertiary/aromatic N) is 1. The van der Waals surface area contributed by atoms with Crippen molar-refractivity contribution in [1.82, 2.24) is 4.90 Å². The van der Waals surface area contributed by atoms with Crippen LogP contribution in [-0.2, 0) is 9.53 Å². The van der Waals surface area contributed by atoms with Crippen molar-refractivity contribution >= 4 is 12.0 Å². The SMILES string of the molecule is C=C(C)[C@H]1CC=C(C(O)C(C)C(=O)N2CCOC2=O)CC1. The molecule has 0 aromatic rings. The molecule has 2 amide bonds. The Bertz CT molecular complexity index is 483. The van der Waals surface area contributed by atoms with Gasteiger partial charge >= 0.3 is 6.09 Å². The number of aliphatic hydroxyl groups excluding tert-OH is 1. The maximum atomic E-state index is 12.2. The first-order chi connectivity index (χ1) is 9.91.